The second-order valence-electron chi connectivity index (χ2n) is 2.16. The summed E-state index contributed by atoms with van der Waals surface area (Å²) in [6, 6.07) is 0. The van der Waals surface area contributed by atoms with Gasteiger partial charge in [0.25, 0.3) is 0 Å². The van der Waals surface area contributed by atoms with Crippen LogP contribution in [0.3, 0.4) is 0 Å². The van der Waals surface area contributed by atoms with E-state index in [1.54, 1.807) is 0 Å². The van der Waals surface area contributed by atoms with Crippen molar-refractivity contribution >= 4 is 0 Å². The summed E-state index contributed by atoms with van der Waals surface area (Å²) in [6.07, 6.45) is 4.04. The molecule has 0 unspecified atom stereocenters. The van der Waals surface area contributed by atoms with Gasteiger partial charge in [0.1, 0.15) is 0 Å². The molecule has 0 aliphatic rings. The Labute approximate surface area is 73.0 Å². The van der Waals surface area contributed by atoms with Gasteiger partial charge in [-0.1, -0.05) is 52.3 Å². The van der Waals surface area contributed by atoms with E-state index in [4.69, 9.17) is 0 Å². The molecule has 0 aliphatic heterocycles. The topological polar surface area (TPSA) is 0 Å². The molecule has 0 spiro atoms. The number of hydrogen-bond donors (Lipinski definition) is 0. The van der Waals surface area contributed by atoms with E-state index in [0.717, 1.165) is 6.42 Å². The molecule has 0 saturated heterocycles. The highest BCUT2D eigenvalue weighted by atomic mass is 13.8. The fourth-order valence-corrected chi connectivity index (χ4v) is 0.246. The van der Waals surface area contributed by atoms with Crippen LogP contribution in [0.2, 0.25) is 0 Å². The van der Waals surface area contributed by atoms with E-state index in [1.165, 1.54) is 12.0 Å². The highest BCUT2D eigenvalue weighted by Crippen LogP contribution is 1.92. The first kappa shape index (κ1) is 16.8. The molecule has 0 fully saturated rings. The molecular formula is C11H24. The Balaban J connectivity index is -0.000000109. The van der Waals surface area contributed by atoms with Crippen molar-refractivity contribution in [2.45, 2.75) is 47.5 Å². The van der Waals surface area contributed by atoms with Crippen LogP contribution in [0.4, 0.5) is 0 Å². The smallest absolute Gasteiger partial charge is 0.0147 e. The Bertz CT molecular complexity index is 70.1. The van der Waals surface area contributed by atoms with Crippen molar-refractivity contribution in [1.29, 1.82) is 0 Å². The number of hydrogen-bond acceptors (Lipinski definition) is 0. The molecule has 0 nitrogen and oxygen atoms in total. The van der Waals surface area contributed by atoms with Crippen LogP contribution in [-0.2, 0) is 0 Å². The minimum atomic E-state index is 0.944. The zero-order valence-corrected chi connectivity index (χ0v) is 8.91. The van der Waals surface area contributed by atoms with Gasteiger partial charge in [0, 0.05) is 0 Å². The maximum atomic E-state index is 3.67. The lowest BCUT2D eigenvalue weighted by Crippen LogP contribution is -1.61. The summed E-state index contributed by atoms with van der Waals surface area (Å²) in [5, 5.41) is 0. The summed E-state index contributed by atoms with van der Waals surface area (Å²) in [4.78, 5) is 0. The molecule has 0 heteroatoms. The van der Waals surface area contributed by atoms with Crippen molar-refractivity contribution in [3.63, 3.8) is 0 Å². The minimum Gasteiger partial charge on any atom is -0.103 e. The average molecular weight is 156 g/mol. The summed E-state index contributed by atoms with van der Waals surface area (Å²) >= 11 is 0. The molecule has 0 rings (SSSR count). The molecule has 0 aliphatic carbocycles. The van der Waals surface area contributed by atoms with Gasteiger partial charge in [-0.25, -0.2) is 0 Å². The summed E-state index contributed by atoms with van der Waals surface area (Å²) < 4.78 is 0. The molecule has 0 bridgehead atoms. The molecule has 68 valence electrons. The van der Waals surface area contributed by atoms with Gasteiger partial charge in [0.15, 0.2) is 0 Å². The third-order valence-electron chi connectivity index (χ3n) is 0.493. The third kappa shape index (κ3) is 86.2. The molecule has 0 aromatic rings. The highest BCUT2D eigenvalue weighted by molar-refractivity contribution is 4.94. The molecule has 0 atom stereocenters. The van der Waals surface area contributed by atoms with Gasteiger partial charge < -0.3 is 0 Å². The van der Waals surface area contributed by atoms with Crippen molar-refractivity contribution in [2.24, 2.45) is 0 Å². The van der Waals surface area contributed by atoms with E-state index in [1.807, 2.05) is 26.8 Å². The monoisotopic (exact) mass is 156 g/mol. The van der Waals surface area contributed by atoms with Crippen LogP contribution in [0, 0.1) is 0 Å². The van der Waals surface area contributed by atoms with Gasteiger partial charge in [-0.05, 0) is 13.3 Å². The Kier molecular flexibility index (Phi) is 34.7. The van der Waals surface area contributed by atoms with Crippen LogP contribution in [0.1, 0.15) is 47.5 Å². The summed E-state index contributed by atoms with van der Waals surface area (Å²) in [6.45, 7) is 17.5. The van der Waals surface area contributed by atoms with Crippen molar-refractivity contribution < 1.29 is 0 Å². The van der Waals surface area contributed by atoms with Gasteiger partial charge in [-0.2, -0.15) is 0 Å². The van der Waals surface area contributed by atoms with Crippen LogP contribution in [-0.4, -0.2) is 0 Å². The van der Waals surface area contributed by atoms with E-state index < -0.39 is 0 Å². The SMILES string of the molecule is C=CCC(=C)C.CC.CCC. The molecule has 0 N–H and O–H groups in total. The van der Waals surface area contributed by atoms with Crippen LogP contribution in [0.5, 0.6) is 0 Å². The molecule has 0 amide bonds. The zero-order chi connectivity index (χ0) is 9.70. The quantitative estimate of drug-likeness (QED) is 0.513. The lowest BCUT2D eigenvalue weighted by molar-refractivity contribution is 1.09. The highest BCUT2D eigenvalue weighted by Gasteiger charge is 1.71. The fraction of sp³-hybridized carbons (Fsp3) is 0.636. The fourth-order valence-electron chi connectivity index (χ4n) is 0.246. The van der Waals surface area contributed by atoms with Crippen molar-refractivity contribution in [1.82, 2.24) is 0 Å². The maximum Gasteiger partial charge on any atom is -0.0147 e. The van der Waals surface area contributed by atoms with Crippen LogP contribution < -0.4 is 0 Å². The zero-order valence-electron chi connectivity index (χ0n) is 8.91. The van der Waals surface area contributed by atoms with E-state index in [-0.39, 0.29) is 0 Å². The average Bonchev–Trinajstić information content (AvgIpc) is 1.93. The van der Waals surface area contributed by atoms with Crippen molar-refractivity contribution in [2.75, 3.05) is 0 Å². The number of allylic oxidation sites excluding steroid dienone is 2. The lowest BCUT2D eigenvalue weighted by atomic mass is 10.2. The van der Waals surface area contributed by atoms with Gasteiger partial charge in [-0.15, -0.1) is 6.58 Å². The van der Waals surface area contributed by atoms with Gasteiger partial charge in [-0.3, -0.25) is 0 Å². The lowest BCUT2D eigenvalue weighted by Gasteiger charge is -1.82. The Hall–Kier alpha value is -0.520. The van der Waals surface area contributed by atoms with E-state index in [2.05, 4.69) is 27.0 Å². The molecule has 0 radical (unpaired) electrons. The first-order valence-electron chi connectivity index (χ1n) is 4.44. The van der Waals surface area contributed by atoms with E-state index >= 15 is 0 Å². The van der Waals surface area contributed by atoms with Crippen molar-refractivity contribution in [3.05, 3.63) is 24.8 Å². The number of rotatable bonds is 2. The first-order chi connectivity index (χ1) is 5.18. The van der Waals surface area contributed by atoms with E-state index in [0.29, 0.717) is 0 Å². The molecule has 11 heavy (non-hydrogen) atoms. The molecule has 0 saturated carbocycles. The Morgan fingerprint density at radius 1 is 1.27 bits per heavy atom. The van der Waals surface area contributed by atoms with Crippen molar-refractivity contribution in [3.8, 4) is 0 Å². The van der Waals surface area contributed by atoms with E-state index in [9.17, 15) is 0 Å². The summed E-state index contributed by atoms with van der Waals surface area (Å²) in [5.41, 5.74) is 1.17. The molecule has 0 aromatic carbocycles. The first-order valence-corrected chi connectivity index (χ1v) is 4.44. The Morgan fingerprint density at radius 2 is 1.55 bits per heavy atom. The second-order valence-corrected chi connectivity index (χ2v) is 2.16. The second kappa shape index (κ2) is 22.7. The summed E-state index contributed by atoms with van der Waals surface area (Å²) in [5.74, 6) is 0. The molecular weight excluding hydrogens is 132 g/mol. The summed E-state index contributed by atoms with van der Waals surface area (Å²) in [7, 11) is 0. The minimum absolute atomic E-state index is 0.944. The van der Waals surface area contributed by atoms with Gasteiger partial charge in [0.2, 0.25) is 0 Å². The predicted molar refractivity (Wildman–Crippen MR) is 56.9 cm³/mol. The molecule has 0 heterocycles. The molecule has 0 aromatic heterocycles. The van der Waals surface area contributed by atoms with Crippen LogP contribution >= 0.6 is 0 Å². The van der Waals surface area contributed by atoms with Crippen LogP contribution in [0.25, 0.3) is 0 Å². The standard InChI is InChI=1S/C6H10.C3H8.C2H6/c1-4-5-6(2)3;1-3-2;1-2/h4H,1-2,5H2,3H3;3H2,1-2H3;1-2H3. The van der Waals surface area contributed by atoms with Gasteiger partial charge in [0.05, 0.1) is 0 Å². The predicted octanol–water partition coefficient (Wildman–Crippen LogP) is 4.58. The van der Waals surface area contributed by atoms with Crippen LogP contribution in [0.15, 0.2) is 24.8 Å². The van der Waals surface area contributed by atoms with Gasteiger partial charge >= 0.3 is 0 Å². The maximum absolute atomic E-state index is 3.67. The largest absolute Gasteiger partial charge is 0.103 e. The third-order valence-corrected chi connectivity index (χ3v) is 0.493. The normalized spacial score (nSPS) is 6.27. The Morgan fingerprint density at radius 3 is 1.55 bits per heavy atom.